The third-order valence-corrected chi connectivity index (χ3v) is 4.52. The van der Waals surface area contributed by atoms with Gasteiger partial charge in [0.1, 0.15) is 11.6 Å². The van der Waals surface area contributed by atoms with Crippen LogP contribution in [0, 0.1) is 0 Å². The van der Waals surface area contributed by atoms with Crippen LogP contribution in [0.3, 0.4) is 0 Å². The van der Waals surface area contributed by atoms with Crippen LogP contribution in [0.15, 0.2) is 30.3 Å². The highest BCUT2D eigenvalue weighted by Gasteiger charge is 2.23. The Bertz CT molecular complexity index is 582. The highest BCUT2D eigenvalue weighted by Crippen LogP contribution is 2.33. The topological polar surface area (TPSA) is 69.9 Å². The van der Waals surface area contributed by atoms with Crippen LogP contribution in [-0.4, -0.2) is 9.66 Å². The molecule has 1 aromatic carbocycles. The molecule has 2 aromatic rings. The summed E-state index contributed by atoms with van der Waals surface area (Å²) < 4.78 is 1.62. The monoisotopic (exact) mass is 284 g/mol. The molecule has 0 aliphatic heterocycles. The number of hydrogen-bond acceptors (Lipinski definition) is 3. The molecule has 4 nitrogen and oxygen atoms in total. The van der Waals surface area contributed by atoms with Crippen molar-refractivity contribution in [2.45, 2.75) is 50.9 Å². The standard InChI is InChI=1S/C17H24N4/c18-16-15(12-11-13-7-3-1-4-8-13)20-17(21(16)19)14-9-5-2-6-10-14/h1,3-4,7-8,14H,2,5-6,9-12,18-19H2. The van der Waals surface area contributed by atoms with Crippen molar-refractivity contribution in [1.29, 1.82) is 0 Å². The molecule has 1 saturated carbocycles. The van der Waals surface area contributed by atoms with Crippen molar-refractivity contribution in [3.8, 4) is 0 Å². The zero-order valence-electron chi connectivity index (χ0n) is 12.5. The number of aryl methyl sites for hydroxylation is 2. The molecule has 112 valence electrons. The normalized spacial score (nSPS) is 16.2. The largest absolute Gasteiger partial charge is 0.382 e. The quantitative estimate of drug-likeness (QED) is 0.848. The molecule has 0 spiro atoms. The van der Waals surface area contributed by atoms with Crippen molar-refractivity contribution in [1.82, 2.24) is 9.66 Å². The maximum atomic E-state index is 6.15. The van der Waals surface area contributed by atoms with Crippen LogP contribution in [-0.2, 0) is 12.8 Å². The zero-order valence-corrected chi connectivity index (χ0v) is 12.5. The van der Waals surface area contributed by atoms with Gasteiger partial charge in [0.05, 0.1) is 5.69 Å². The Morgan fingerprint density at radius 3 is 2.48 bits per heavy atom. The van der Waals surface area contributed by atoms with E-state index in [2.05, 4.69) is 24.3 Å². The predicted octanol–water partition coefficient (Wildman–Crippen LogP) is 3.01. The van der Waals surface area contributed by atoms with Gasteiger partial charge < -0.3 is 11.6 Å². The molecule has 0 bridgehead atoms. The van der Waals surface area contributed by atoms with E-state index in [0.29, 0.717) is 11.7 Å². The van der Waals surface area contributed by atoms with Crippen molar-refractivity contribution < 1.29 is 0 Å². The molecule has 0 unspecified atom stereocenters. The van der Waals surface area contributed by atoms with Crippen molar-refractivity contribution >= 4 is 5.82 Å². The summed E-state index contributed by atoms with van der Waals surface area (Å²) in [4.78, 5) is 4.76. The van der Waals surface area contributed by atoms with Gasteiger partial charge in [-0.2, -0.15) is 0 Å². The van der Waals surface area contributed by atoms with Gasteiger partial charge in [0, 0.05) is 5.92 Å². The lowest BCUT2D eigenvalue weighted by Gasteiger charge is -2.20. The Hall–Kier alpha value is -1.97. The van der Waals surface area contributed by atoms with Crippen molar-refractivity contribution in [2.24, 2.45) is 0 Å². The van der Waals surface area contributed by atoms with Gasteiger partial charge in [-0.05, 0) is 31.2 Å². The second kappa shape index (κ2) is 6.20. The van der Waals surface area contributed by atoms with Gasteiger partial charge in [-0.15, -0.1) is 0 Å². The lowest BCUT2D eigenvalue weighted by atomic mass is 9.89. The minimum Gasteiger partial charge on any atom is -0.382 e. The van der Waals surface area contributed by atoms with Crippen LogP contribution < -0.4 is 11.6 Å². The molecule has 1 aromatic heterocycles. The van der Waals surface area contributed by atoms with Crippen LogP contribution in [0.2, 0.25) is 0 Å². The summed E-state index contributed by atoms with van der Waals surface area (Å²) >= 11 is 0. The van der Waals surface area contributed by atoms with E-state index in [4.69, 9.17) is 16.6 Å². The molecule has 1 aliphatic carbocycles. The fraction of sp³-hybridized carbons (Fsp3) is 0.471. The summed E-state index contributed by atoms with van der Waals surface area (Å²) in [6, 6.07) is 10.4. The van der Waals surface area contributed by atoms with Gasteiger partial charge in [0.25, 0.3) is 0 Å². The Balaban J connectivity index is 1.73. The Morgan fingerprint density at radius 1 is 1.05 bits per heavy atom. The number of hydrogen-bond donors (Lipinski definition) is 2. The molecule has 1 aliphatic rings. The molecular formula is C17H24N4. The summed E-state index contributed by atoms with van der Waals surface area (Å²) in [5.74, 6) is 8.23. The Labute approximate surface area is 126 Å². The van der Waals surface area contributed by atoms with Gasteiger partial charge in [-0.25, -0.2) is 9.66 Å². The average Bonchev–Trinajstić information content (AvgIpc) is 2.83. The van der Waals surface area contributed by atoms with Gasteiger partial charge >= 0.3 is 0 Å². The third-order valence-electron chi connectivity index (χ3n) is 4.52. The summed E-state index contributed by atoms with van der Waals surface area (Å²) in [6.45, 7) is 0. The lowest BCUT2D eigenvalue weighted by Crippen LogP contribution is -2.19. The first kappa shape index (κ1) is 14.0. The summed E-state index contributed by atoms with van der Waals surface area (Å²) in [6.07, 6.45) is 8.05. The molecule has 3 rings (SSSR count). The number of benzene rings is 1. The first-order valence-electron chi connectivity index (χ1n) is 7.91. The second-order valence-corrected chi connectivity index (χ2v) is 5.99. The lowest BCUT2D eigenvalue weighted by molar-refractivity contribution is 0.424. The average molecular weight is 284 g/mol. The van der Waals surface area contributed by atoms with Crippen molar-refractivity contribution in [3.05, 3.63) is 47.4 Å². The molecule has 0 atom stereocenters. The SMILES string of the molecule is Nc1c(CCc2ccccc2)nc(C2CCCCC2)n1N. The molecule has 4 heteroatoms. The van der Waals surface area contributed by atoms with Gasteiger partial charge in [0.2, 0.25) is 0 Å². The molecular weight excluding hydrogens is 260 g/mol. The highest BCUT2D eigenvalue weighted by molar-refractivity contribution is 5.39. The molecule has 21 heavy (non-hydrogen) atoms. The first-order valence-corrected chi connectivity index (χ1v) is 7.91. The summed E-state index contributed by atoms with van der Waals surface area (Å²) in [5.41, 5.74) is 8.40. The van der Waals surface area contributed by atoms with Crippen LogP contribution in [0.5, 0.6) is 0 Å². The number of nitrogen functional groups attached to an aromatic ring is 2. The fourth-order valence-corrected chi connectivity index (χ4v) is 3.25. The summed E-state index contributed by atoms with van der Waals surface area (Å²) in [5, 5.41) is 0. The maximum Gasteiger partial charge on any atom is 0.146 e. The number of rotatable bonds is 4. The molecule has 0 saturated heterocycles. The van der Waals surface area contributed by atoms with Crippen LogP contribution in [0.4, 0.5) is 5.82 Å². The minimum atomic E-state index is 0.483. The third kappa shape index (κ3) is 3.04. The molecule has 0 radical (unpaired) electrons. The molecule has 1 fully saturated rings. The Kier molecular flexibility index (Phi) is 4.13. The van der Waals surface area contributed by atoms with E-state index in [1.165, 1.54) is 37.7 Å². The van der Waals surface area contributed by atoms with Gasteiger partial charge in [0.15, 0.2) is 0 Å². The van der Waals surface area contributed by atoms with E-state index < -0.39 is 0 Å². The van der Waals surface area contributed by atoms with Crippen LogP contribution in [0.1, 0.15) is 55.1 Å². The van der Waals surface area contributed by atoms with Crippen molar-refractivity contribution in [2.75, 3.05) is 11.6 Å². The number of aromatic nitrogens is 2. The highest BCUT2D eigenvalue weighted by atomic mass is 15.4. The number of nitrogens with two attached hydrogens (primary N) is 2. The minimum absolute atomic E-state index is 0.483. The van der Waals surface area contributed by atoms with E-state index in [9.17, 15) is 0 Å². The Morgan fingerprint density at radius 2 is 1.76 bits per heavy atom. The van der Waals surface area contributed by atoms with Gasteiger partial charge in [-0.1, -0.05) is 49.6 Å². The number of nitrogens with zero attached hydrogens (tertiary/aromatic N) is 2. The smallest absolute Gasteiger partial charge is 0.146 e. The van der Waals surface area contributed by atoms with E-state index in [1.54, 1.807) is 4.68 Å². The van der Waals surface area contributed by atoms with Crippen LogP contribution >= 0.6 is 0 Å². The zero-order chi connectivity index (χ0) is 14.7. The molecule has 4 N–H and O–H groups in total. The number of imidazole rings is 1. The maximum absolute atomic E-state index is 6.15. The van der Waals surface area contributed by atoms with E-state index in [1.807, 2.05) is 6.07 Å². The van der Waals surface area contributed by atoms with E-state index in [-0.39, 0.29) is 0 Å². The second-order valence-electron chi connectivity index (χ2n) is 5.99. The van der Waals surface area contributed by atoms with Gasteiger partial charge in [-0.3, -0.25) is 0 Å². The van der Waals surface area contributed by atoms with Crippen LogP contribution in [0.25, 0.3) is 0 Å². The van der Waals surface area contributed by atoms with Crippen molar-refractivity contribution in [3.63, 3.8) is 0 Å². The fourth-order valence-electron chi connectivity index (χ4n) is 3.25. The van der Waals surface area contributed by atoms with E-state index in [0.717, 1.165) is 24.4 Å². The molecule has 1 heterocycles. The molecule has 0 amide bonds. The van der Waals surface area contributed by atoms with E-state index >= 15 is 0 Å². The predicted molar refractivity (Wildman–Crippen MR) is 86.5 cm³/mol. The summed E-state index contributed by atoms with van der Waals surface area (Å²) in [7, 11) is 0. The first-order chi connectivity index (χ1) is 10.3. The number of anilines is 1.